The molecule has 1 aromatic carbocycles. The fourth-order valence-electron chi connectivity index (χ4n) is 3.60. The molecule has 4 rings (SSSR count). The van der Waals surface area contributed by atoms with Gasteiger partial charge < -0.3 is 14.4 Å². The van der Waals surface area contributed by atoms with Gasteiger partial charge in [-0.2, -0.15) is 0 Å². The summed E-state index contributed by atoms with van der Waals surface area (Å²) in [7, 11) is 1.64. The molecule has 6 heteroatoms. The number of benzene rings is 1. The van der Waals surface area contributed by atoms with Crippen LogP contribution in [-0.2, 0) is 11.2 Å². The fraction of sp³-hybridized carbons (Fsp3) is 0.400. The van der Waals surface area contributed by atoms with Gasteiger partial charge in [0.1, 0.15) is 17.6 Å². The monoisotopic (exact) mass is 370 g/mol. The summed E-state index contributed by atoms with van der Waals surface area (Å²) in [5.41, 5.74) is 0.993. The van der Waals surface area contributed by atoms with Crippen molar-refractivity contribution in [2.75, 3.05) is 26.0 Å². The zero-order valence-corrected chi connectivity index (χ0v) is 15.6. The van der Waals surface area contributed by atoms with E-state index in [1.807, 2.05) is 53.1 Å². The van der Waals surface area contributed by atoms with Crippen molar-refractivity contribution in [2.24, 2.45) is 0 Å². The van der Waals surface area contributed by atoms with Crippen molar-refractivity contribution in [3.05, 3.63) is 54.4 Å². The maximum Gasteiger partial charge on any atom is 0.227 e. The molecule has 0 unspecified atom stereocenters. The second-order valence-corrected chi connectivity index (χ2v) is 8.39. The van der Waals surface area contributed by atoms with Crippen molar-refractivity contribution in [2.45, 2.75) is 23.7 Å². The molecule has 2 saturated heterocycles. The van der Waals surface area contributed by atoms with Crippen LogP contribution in [0.1, 0.15) is 12.0 Å². The number of methoxy groups -OCH3 is 1. The van der Waals surface area contributed by atoms with Gasteiger partial charge in [0.05, 0.1) is 24.5 Å². The van der Waals surface area contributed by atoms with E-state index < -0.39 is 0 Å². The third-order valence-corrected chi connectivity index (χ3v) is 6.49. The molecule has 1 amide bonds. The van der Waals surface area contributed by atoms with Crippen molar-refractivity contribution in [3.63, 3.8) is 0 Å². The lowest BCUT2D eigenvalue weighted by molar-refractivity contribution is -0.135. The number of amides is 1. The van der Waals surface area contributed by atoms with Gasteiger partial charge in [-0.15, -0.1) is 11.8 Å². The Morgan fingerprint density at radius 3 is 2.92 bits per heavy atom. The first-order valence-electron chi connectivity index (χ1n) is 8.77. The normalized spacial score (nSPS) is 20.7. The molecule has 0 radical (unpaired) electrons. The molecule has 0 aliphatic carbocycles. The SMILES string of the molecule is COc1cccc(CC(=O)N2CC3(C[C@H](Oc4cccnc4)CS3)C2)c1. The molecule has 0 N–H and O–H groups in total. The molecular weight excluding hydrogens is 348 g/mol. The summed E-state index contributed by atoms with van der Waals surface area (Å²) in [5.74, 6) is 2.76. The Morgan fingerprint density at radius 1 is 1.31 bits per heavy atom. The Morgan fingerprint density at radius 2 is 2.15 bits per heavy atom. The summed E-state index contributed by atoms with van der Waals surface area (Å²) in [6, 6.07) is 11.5. The van der Waals surface area contributed by atoms with Crippen molar-refractivity contribution in [3.8, 4) is 11.5 Å². The quantitative estimate of drug-likeness (QED) is 0.810. The van der Waals surface area contributed by atoms with E-state index in [9.17, 15) is 4.79 Å². The molecule has 2 fully saturated rings. The third-order valence-electron chi connectivity index (χ3n) is 4.91. The molecule has 26 heavy (non-hydrogen) atoms. The van der Waals surface area contributed by atoms with Gasteiger partial charge in [-0.3, -0.25) is 9.78 Å². The van der Waals surface area contributed by atoms with Crippen LogP contribution in [0, 0.1) is 0 Å². The minimum atomic E-state index is 0.164. The van der Waals surface area contributed by atoms with Crippen LogP contribution < -0.4 is 9.47 Å². The summed E-state index contributed by atoms with van der Waals surface area (Å²) >= 11 is 1.93. The number of aromatic nitrogens is 1. The van der Waals surface area contributed by atoms with Gasteiger partial charge in [-0.1, -0.05) is 12.1 Å². The summed E-state index contributed by atoms with van der Waals surface area (Å²) in [4.78, 5) is 18.6. The van der Waals surface area contributed by atoms with Crippen molar-refractivity contribution >= 4 is 17.7 Å². The Hall–Kier alpha value is -2.21. The molecule has 0 bridgehead atoms. The van der Waals surface area contributed by atoms with Crippen LogP contribution >= 0.6 is 11.8 Å². The van der Waals surface area contributed by atoms with Gasteiger partial charge >= 0.3 is 0 Å². The smallest absolute Gasteiger partial charge is 0.227 e. The van der Waals surface area contributed by atoms with Gasteiger partial charge in [-0.25, -0.2) is 0 Å². The van der Waals surface area contributed by atoms with E-state index in [-0.39, 0.29) is 16.8 Å². The third kappa shape index (κ3) is 3.65. The van der Waals surface area contributed by atoms with E-state index in [0.717, 1.165) is 42.3 Å². The van der Waals surface area contributed by atoms with Gasteiger partial charge in [-0.05, 0) is 29.8 Å². The summed E-state index contributed by atoms with van der Waals surface area (Å²) in [6.45, 7) is 1.63. The molecule has 5 nitrogen and oxygen atoms in total. The first kappa shape index (κ1) is 17.2. The topological polar surface area (TPSA) is 51.7 Å². The maximum absolute atomic E-state index is 12.5. The molecule has 1 spiro atoms. The Balaban J connectivity index is 1.28. The van der Waals surface area contributed by atoms with Gasteiger partial charge in [0, 0.05) is 31.5 Å². The van der Waals surface area contributed by atoms with Crippen molar-refractivity contribution in [1.29, 1.82) is 0 Å². The minimum Gasteiger partial charge on any atom is -0.497 e. The lowest BCUT2D eigenvalue weighted by Crippen LogP contribution is -2.61. The van der Waals surface area contributed by atoms with Crippen molar-refractivity contribution < 1.29 is 14.3 Å². The van der Waals surface area contributed by atoms with Crippen LogP contribution in [0.25, 0.3) is 0 Å². The molecule has 136 valence electrons. The maximum atomic E-state index is 12.5. The number of pyridine rings is 1. The minimum absolute atomic E-state index is 0.164. The average molecular weight is 370 g/mol. The summed E-state index contributed by atoms with van der Waals surface area (Å²) in [5, 5.41) is 0. The fourth-order valence-corrected chi connectivity index (χ4v) is 5.13. The highest BCUT2D eigenvalue weighted by Gasteiger charge is 2.51. The zero-order valence-electron chi connectivity index (χ0n) is 14.8. The molecular formula is C20H22N2O3S. The predicted molar refractivity (Wildman–Crippen MR) is 102 cm³/mol. The number of hydrogen-bond donors (Lipinski definition) is 0. The van der Waals surface area contributed by atoms with E-state index in [4.69, 9.17) is 9.47 Å². The number of nitrogens with zero attached hydrogens (tertiary/aromatic N) is 2. The number of thioether (sulfide) groups is 1. The Kier molecular flexibility index (Phi) is 4.76. The number of likely N-dealkylation sites (tertiary alicyclic amines) is 1. The van der Waals surface area contributed by atoms with E-state index in [1.165, 1.54) is 0 Å². The second kappa shape index (κ2) is 7.19. The Bertz CT molecular complexity index is 778. The Labute approximate surface area is 157 Å². The summed E-state index contributed by atoms with van der Waals surface area (Å²) < 4.78 is 11.4. The van der Waals surface area contributed by atoms with Crippen LogP contribution in [0.15, 0.2) is 48.8 Å². The highest BCUT2D eigenvalue weighted by molar-refractivity contribution is 8.01. The molecule has 2 aliphatic heterocycles. The van der Waals surface area contributed by atoms with Gasteiger partial charge in [0.2, 0.25) is 5.91 Å². The van der Waals surface area contributed by atoms with Crippen LogP contribution in [-0.4, -0.2) is 52.6 Å². The van der Waals surface area contributed by atoms with Gasteiger partial charge in [0.15, 0.2) is 0 Å². The summed E-state index contributed by atoms with van der Waals surface area (Å²) in [6.07, 6.45) is 5.10. The highest BCUT2D eigenvalue weighted by atomic mass is 32.2. The van der Waals surface area contributed by atoms with E-state index in [1.54, 1.807) is 19.5 Å². The zero-order chi connectivity index (χ0) is 18.0. The largest absolute Gasteiger partial charge is 0.497 e. The van der Waals surface area contributed by atoms with Crippen LogP contribution in [0.2, 0.25) is 0 Å². The molecule has 1 aromatic heterocycles. The second-order valence-electron chi connectivity index (χ2n) is 6.90. The highest BCUT2D eigenvalue weighted by Crippen LogP contribution is 2.46. The van der Waals surface area contributed by atoms with Crippen LogP contribution in [0.3, 0.4) is 0 Å². The first-order valence-corrected chi connectivity index (χ1v) is 9.76. The standard InChI is InChI=1S/C20H22N2O3S/c1-24-16-5-2-4-15(8-16)9-19(23)22-13-20(14-22)10-18(12-26-20)25-17-6-3-7-21-11-17/h2-8,11,18H,9-10,12-14H2,1H3/t18-/m0/s1. The van der Waals surface area contributed by atoms with E-state index in [2.05, 4.69) is 4.98 Å². The molecule has 0 saturated carbocycles. The van der Waals surface area contributed by atoms with Crippen LogP contribution in [0.4, 0.5) is 0 Å². The number of carbonyl (C=O) groups is 1. The molecule has 2 aliphatic rings. The van der Waals surface area contributed by atoms with Crippen molar-refractivity contribution in [1.82, 2.24) is 9.88 Å². The van der Waals surface area contributed by atoms with Gasteiger partial charge in [0.25, 0.3) is 0 Å². The molecule has 2 aromatic rings. The number of rotatable bonds is 5. The number of carbonyl (C=O) groups excluding carboxylic acids is 1. The molecule has 3 heterocycles. The lowest BCUT2D eigenvalue weighted by atomic mass is 9.92. The predicted octanol–water partition coefficient (Wildman–Crippen LogP) is 2.80. The first-order chi connectivity index (χ1) is 12.7. The van der Waals surface area contributed by atoms with Crippen LogP contribution in [0.5, 0.6) is 11.5 Å². The van der Waals surface area contributed by atoms with E-state index >= 15 is 0 Å². The van der Waals surface area contributed by atoms with E-state index in [0.29, 0.717) is 6.42 Å². The average Bonchev–Trinajstić information content (AvgIpc) is 3.05. The number of hydrogen-bond acceptors (Lipinski definition) is 5. The lowest BCUT2D eigenvalue weighted by Gasteiger charge is -2.47. The molecule has 1 atom stereocenters. The number of ether oxygens (including phenoxy) is 2.